The maximum Gasteiger partial charge on any atom is 0.471 e. The monoisotopic (exact) mass is 383 g/mol. The van der Waals surface area contributed by atoms with E-state index in [1.807, 2.05) is 0 Å². The van der Waals surface area contributed by atoms with Crippen LogP contribution in [0.2, 0.25) is 10.2 Å². The van der Waals surface area contributed by atoms with Crippen molar-refractivity contribution in [2.75, 3.05) is 10.6 Å². The van der Waals surface area contributed by atoms with E-state index in [9.17, 15) is 22.8 Å². The van der Waals surface area contributed by atoms with Crippen molar-refractivity contribution < 1.29 is 22.8 Å². The van der Waals surface area contributed by atoms with E-state index in [-0.39, 0.29) is 26.4 Å². The molecule has 0 bridgehead atoms. The number of nitrogens with one attached hydrogen (secondary N) is 2. The maximum absolute atomic E-state index is 12.3. The molecule has 2 rings (SSSR count). The first-order valence-corrected chi connectivity index (χ1v) is 7.32. The van der Waals surface area contributed by atoms with Gasteiger partial charge in [-0.2, -0.15) is 17.5 Å². The van der Waals surface area contributed by atoms with E-state index in [0.717, 1.165) is 11.5 Å². The molecule has 0 saturated heterocycles. The van der Waals surface area contributed by atoms with Crippen molar-refractivity contribution in [1.29, 1.82) is 0 Å². The van der Waals surface area contributed by atoms with Gasteiger partial charge in [-0.15, -0.1) is 0 Å². The van der Waals surface area contributed by atoms with Crippen molar-refractivity contribution in [2.24, 2.45) is 0 Å². The van der Waals surface area contributed by atoms with Gasteiger partial charge < -0.3 is 10.6 Å². The number of nitrogens with zero attached hydrogens (tertiary/aromatic N) is 1. The Kier molecular flexibility index (Phi) is 5.12. The summed E-state index contributed by atoms with van der Waals surface area (Å²) in [6.07, 6.45) is -5.05. The Balaban J connectivity index is 2.22. The van der Waals surface area contributed by atoms with Crippen LogP contribution in [0.3, 0.4) is 0 Å². The molecule has 2 amide bonds. The number of amides is 2. The Morgan fingerprint density at radius 2 is 1.65 bits per heavy atom. The van der Waals surface area contributed by atoms with E-state index in [1.54, 1.807) is 5.32 Å². The first kappa shape index (κ1) is 17.5. The van der Waals surface area contributed by atoms with Crippen LogP contribution in [0.15, 0.2) is 24.3 Å². The number of rotatable bonds is 3. The number of hydrogen-bond acceptors (Lipinski definition) is 4. The second-order valence-electron chi connectivity index (χ2n) is 4.07. The van der Waals surface area contributed by atoms with Crippen molar-refractivity contribution in [3.8, 4) is 0 Å². The van der Waals surface area contributed by atoms with Gasteiger partial charge in [-0.3, -0.25) is 9.59 Å². The lowest BCUT2D eigenvalue weighted by atomic mass is 10.2. The van der Waals surface area contributed by atoms with E-state index in [0.29, 0.717) is 0 Å². The van der Waals surface area contributed by atoms with Crippen LogP contribution in [0.25, 0.3) is 0 Å². The Morgan fingerprint density at radius 1 is 1.09 bits per heavy atom. The SMILES string of the molecule is O=C(Nc1ccccc1NC(=O)C(F)(F)F)c1snc(Cl)c1Cl. The highest BCUT2D eigenvalue weighted by Gasteiger charge is 2.39. The Hall–Kier alpha value is -1.84. The number of para-hydroxylation sites is 2. The molecule has 1 heterocycles. The van der Waals surface area contributed by atoms with Crippen LogP contribution in [0.1, 0.15) is 9.67 Å². The van der Waals surface area contributed by atoms with Crippen LogP contribution in [0.4, 0.5) is 24.5 Å². The van der Waals surface area contributed by atoms with Crippen molar-refractivity contribution in [1.82, 2.24) is 4.37 Å². The van der Waals surface area contributed by atoms with Crippen LogP contribution >= 0.6 is 34.7 Å². The zero-order valence-corrected chi connectivity index (χ0v) is 13.2. The zero-order chi connectivity index (χ0) is 17.2. The molecular weight excluding hydrogens is 378 g/mol. The molecule has 0 aliphatic carbocycles. The van der Waals surface area contributed by atoms with Gasteiger partial charge in [0.15, 0.2) is 5.15 Å². The quantitative estimate of drug-likeness (QED) is 0.833. The van der Waals surface area contributed by atoms with Gasteiger partial charge in [0, 0.05) is 0 Å². The molecule has 0 aliphatic heterocycles. The highest BCUT2D eigenvalue weighted by atomic mass is 35.5. The first-order valence-electron chi connectivity index (χ1n) is 5.79. The molecular formula is C12H6Cl2F3N3O2S. The number of aromatic nitrogens is 1. The summed E-state index contributed by atoms with van der Waals surface area (Å²) < 4.78 is 40.6. The minimum Gasteiger partial charge on any atom is -0.319 e. The molecule has 0 unspecified atom stereocenters. The molecule has 1 aromatic heterocycles. The second-order valence-corrected chi connectivity index (χ2v) is 5.58. The molecule has 0 radical (unpaired) electrons. The van der Waals surface area contributed by atoms with E-state index in [1.165, 1.54) is 24.3 Å². The van der Waals surface area contributed by atoms with Gasteiger partial charge in [-0.25, -0.2) is 0 Å². The largest absolute Gasteiger partial charge is 0.471 e. The lowest BCUT2D eigenvalue weighted by molar-refractivity contribution is -0.167. The average Bonchev–Trinajstić information content (AvgIpc) is 2.80. The van der Waals surface area contributed by atoms with Crippen LogP contribution in [0, 0.1) is 0 Å². The third kappa shape index (κ3) is 4.12. The number of hydrogen-bond donors (Lipinski definition) is 2. The fourth-order valence-electron chi connectivity index (χ4n) is 1.47. The van der Waals surface area contributed by atoms with E-state index < -0.39 is 18.0 Å². The molecule has 1 aromatic carbocycles. The van der Waals surface area contributed by atoms with Crippen LogP contribution in [-0.2, 0) is 4.79 Å². The second kappa shape index (κ2) is 6.73. The lowest BCUT2D eigenvalue weighted by Crippen LogP contribution is -2.30. The van der Waals surface area contributed by atoms with E-state index in [2.05, 4.69) is 9.69 Å². The molecule has 0 aliphatic rings. The van der Waals surface area contributed by atoms with Crippen LogP contribution in [0.5, 0.6) is 0 Å². The third-order valence-electron chi connectivity index (χ3n) is 2.48. The number of benzene rings is 1. The number of halogens is 5. The summed E-state index contributed by atoms with van der Waals surface area (Å²) in [6.45, 7) is 0. The topological polar surface area (TPSA) is 71.1 Å². The zero-order valence-electron chi connectivity index (χ0n) is 10.9. The summed E-state index contributed by atoms with van der Waals surface area (Å²) in [6, 6.07) is 5.40. The van der Waals surface area contributed by atoms with E-state index >= 15 is 0 Å². The molecule has 2 N–H and O–H groups in total. The molecule has 0 fully saturated rings. The van der Waals surface area contributed by atoms with Crippen LogP contribution in [-0.4, -0.2) is 22.4 Å². The van der Waals surface area contributed by atoms with Gasteiger partial charge in [0.25, 0.3) is 5.91 Å². The molecule has 0 spiro atoms. The van der Waals surface area contributed by atoms with Crippen molar-refractivity contribution >= 4 is 57.9 Å². The predicted octanol–water partition coefficient (Wildman–Crippen LogP) is 4.20. The molecule has 23 heavy (non-hydrogen) atoms. The Bertz CT molecular complexity index is 764. The van der Waals surface area contributed by atoms with E-state index in [4.69, 9.17) is 23.2 Å². The van der Waals surface area contributed by atoms with Gasteiger partial charge in [0.05, 0.1) is 11.4 Å². The number of anilines is 2. The highest BCUT2D eigenvalue weighted by Crippen LogP contribution is 2.30. The predicted molar refractivity (Wildman–Crippen MR) is 81.2 cm³/mol. The van der Waals surface area contributed by atoms with Crippen molar-refractivity contribution in [2.45, 2.75) is 6.18 Å². The summed E-state index contributed by atoms with van der Waals surface area (Å²) in [5, 5.41) is 3.90. The highest BCUT2D eigenvalue weighted by molar-refractivity contribution is 7.09. The first-order chi connectivity index (χ1) is 10.7. The third-order valence-corrected chi connectivity index (χ3v) is 4.28. The number of carbonyl (C=O) groups excluding carboxylic acids is 2. The summed E-state index contributed by atoms with van der Waals surface area (Å²) in [4.78, 5) is 23.1. The van der Waals surface area contributed by atoms with Gasteiger partial charge in [-0.1, -0.05) is 35.3 Å². The fourth-order valence-corrected chi connectivity index (χ4v) is 2.58. The Labute approximate surface area is 141 Å². The fraction of sp³-hybridized carbons (Fsp3) is 0.0833. The average molecular weight is 384 g/mol. The minimum absolute atomic E-state index is 0.00591. The summed E-state index contributed by atoms with van der Waals surface area (Å²) in [5.41, 5.74) is -0.245. The lowest BCUT2D eigenvalue weighted by Gasteiger charge is -2.12. The molecule has 5 nitrogen and oxygen atoms in total. The molecule has 0 atom stereocenters. The van der Waals surface area contributed by atoms with Gasteiger partial charge in [-0.05, 0) is 23.7 Å². The van der Waals surface area contributed by atoms with Crippen molar-refractivity contribution in [3.63, 3.8) is 0 Å². The molecule has 2 aromatic rings. The minimum atomic E-state index is -5.05. The summed E-state index contributed by atoms with van der Waals surface area (Å²) >= 11 is 12.2. The van der Waals surface area contributed by atoms with Crippen molar-refractivity contribution in [3.05, 3.63) is 39.3 Å². The standard InChI is InChI=1S/C12H6Cl2F3N3O2S/c13-7-8(23-20-9(7)14)10(21)18-5-3-1-2-4-6(5)19-11(22)12(15,16)17/h1-4H,(H,18,21)(H,19,22). The van der Waals surface area contributed by atoms with Crippen LogP contribution < -0.4 is 10.6 Å². The smallest absolute Gasteiger partial charge is 0.319 e. The summed E-state index contributed by atoms with van der Waals surface area (Å²) in [5.74, 6) is -2.87. The maximum atomic E-state index is 12.3. The molecule has 122 valence electrons. The number of carbonyl (C=O) groups is 2. The molecule has 0 saturated carbocycles. The normalized spacial score (nSPS) is 11.2. The van der Waals surface area contributed by atoms with Gasteiger partial charge >= 0.3 is 12.1 Å². The summed E-state index contributed by atoms with van der Waals surface area (Å²) in [7, 11) is 0. The number of alkyl halides is 3. The Morgan fingerprint density at radius 3 is 2.13 bits per heavy atom. The molecule has 11 heteroatoms. The van der Waals surface area contributed by atoms with Gasteiger partial charge in [0.2, 0.25) is 0 Å². The van der Waals surface area contributed by atoms with Gasteiger partial charge in [0.1, 0.15) is 9.90 Å².